The molecule has 0 spiro atoms. The number of likely N-dealkylation sites (tertiary alicyclic amines) is 1. The lowest BCUT2D eigenvalue weighted by Crippen LogP contribution is -2.57. The summed E-state index contributed by atoms with van der Waals surface area (Å²) in [6, 6.07) is 3.81. The Kier molecular flexibility index (Phi) is 7.78. The fraction of sp³-hybridized carbons (Fsp3) is 0.522. The van der Waals surface area contributed by atoms with E-state index in [1.165, 1.54) is 0 Å². The third kappa shape index (κ3) is 5.59. The van der Waals surface area contributed by atoms with E-state index < -0.39 is 51.2 Å². The molecule has 3 aliphatic heterocycles. The van der Waals surface area contributed by atoms with Crippen molar-refractivity contribution in [1.29, 1.82) is 0 Å². The van der Waals surface area contributed by atoms with Crippen molar-refractivity contribution in [2.75, 3.05) is 25.0 Å². The molecule has 0 saturated carbocycles. The summed E-state index contributed by atoms with van der Waals surface area (Å²) in [7, 11) is -3.69. The van der Waals surface area contributed by atoms with Gasteiger partial charge < -0.3 is 10.4 Å². The number of fused-ring (bicyclic) bond motifs is 1. The molecule has 1 aromatic rings. The number of nitrogens with zero attached hydrogens (tertiary/aromatic N) is 2. The maximum Gasteiger partial charge on any atom is 0.408 e. The van der Waals surface area contributed by atoms with Gasteiger partial charge in [0.1, 0.15) is 6.04 Å². The zero-order valence-electron chi connectivity index (χ0n) is 20.1. The second-order valence-corrected chi connectivity index (χ2v) is 11.1. The largest absolute Gasteiger partial charge is 0.465 e. The first-order valence-corrected chi connectivity index (χ1v) is 13.7. The van der Waals surface area contributed by atoms with E-state index in [0.29, 0.717) is 25.1 Å². The first-order valence-electron chi connectivity index (χ1n) is 12.2. The lowest BCUT2D eigenvalue weighted by Gasteiger charge is -2.37. The van der Waals surface area contributed by atoms with E-state index in [4.69, 9.17) is 5.11 Å². The molecule has 2 atom stereocenters. The van der Waals surface area contributed by atoms with Crippen LogP contribution in [0.3, 0.4) is 0 Å². The fourth-order valence-electron chi connectivity index (χ4n) is 4.63. The Bertz CT molecular complexity index is 1230. The van der Waals surface area contributed by atoms with Crippen LogP contribution in [0.15, 0.2) is 18.2 Å². The summed E-state index contributed by atoms with van der Waals surface area (Å²) in [5.74, 6) is -2.19. The molecule has 0 radical (unpaired) electrons. The lowest BCUT2D eigenvalue weighted by atomic mass is 10.0. The van der Waals surface area contributed by atoms with Crippen LogP contribution in [0.5, 0.6) is 0 Å². The Morgan fingerprint density at radius 2 is 1.70 bits per heavy atom. The van der Waals surface area contributed by atoms with Crippen molar-refractivity contribution in [3.05, 3.63) is 29.3 Å². The average molecular weight is 536 g/mol. The molecule has 14 heteroatoms. The molecule has 2 fully saturated rings. The second kappa shape index (κ2) is 10.8. The maximum atomic E-state index is 12.9. The van der Waals surface area contributed by atoms with Crippen molar-refractivity contribution in [3.63, 3.8) is 0 Å². The molecule has 0 aliphatic carbocycles. The molecule has 4 rings (SSSR count). The standard InChI is InChI=1S/C23H29N5O8S/c29-18-8-7-17(20(30)26-18)28-21(31)15-6-5-14(13-16(15)22(28)32)24-10-3-1-2-4-11-25-37(35,36)19-9-12-27(19)23(33)34/h5-6,13,17,19,24-25H,1-4,7-12H2,(H,33,34)(H,26,29,30). The minimum Gasteiger partial charge on any atom is -0.465 e. The molecule has 0 aromatic heterocycles. The third-order valence-corrected chi connectivity index (χ3v) is 8.56. The van der Waals surface area contributed by atoms with Crippen LogP contribution in [0.4, 0.5) is 10.5 Å². The number of unbranched alkanes of at least 4 members (excludes halogenated alkanes) is 3. The number of rotatable bonds is 11. The monoisotopic (exact) mass is 535 g/mol. The summed E-state index contributed by atoms with van der Waals surface area (Å²) in [5.41, 5.74) is 1.08. The first kappa shape index (κ1) is 26.5. The number of hydrogen-bond donors (Lipinski definition) is 4. The smallest absolute Gasteiger partial charge is 0.408 e. The lowest BCUT2D eigenvalue weighted by molar-refractivity contribution is -0.136. The van der Waals surface area contributed by atoms with E-state index in [0.717, 1.165) is 29.1 Å². The third-order valence-electron chi connectivity index (χ3n) is 6.74. The van der Waals surface area contributed by atoms with Gasteiger partial charge in [-0.25, -0.2) is 17.9 Å². The van der Waals surface area contributed by atoms with Gasteiger partial charge in [-0.15, -0.1) is 0 Å². The van der Waals surface area contributed by atoms with E-state index in [-0.39, 0.29) is 37.1 Å². The highest BCUT2D eigenvalue weighted by atomic mass is 32.2. The van der Waals surface area contributed by atoms with Gasteiger partial charge in [0.15, 0.2) is 5.37 Å². The minimum absolute atomic E-state index is 0.0618. The SMILES string of the molecule is O=C1CCC(N2C(=O)c3ccc(NCCCCCCNS(=O)(=O)C4CCN4C(=O)O)cc3C2=O)C(=O)N1. The maximum absolute atomic E-state index is 12.9. The summed E-state index contributed by atoms with van der Waals surface area (Å²) in [4.78, 5) is 62.0. The van der Waals surface area contributed by atoms with Gasteiger partial charge in [0.2, 0.25) is 21.8 Å². The van der Waals surface area contributed by atoms with E-state index in [9.17, 15) is 32.4 Å². The molecule has 5 amide bonds. The number of nitrogens with one attached hydrogen (secondary N) is 3. The minimum atomic E-state index is -3.69. The predicted octanol–water partition coefficient (Wildman–Crippen LogP) is 0.689. The van der Waals surface area contributed by atoms with Gasteiger partial charge in [0.05, 0.1) is 11.1 Å². The zero-order chi connectivity index (χ0) is 26.7. The van der Waals surface area contributed by atoms with Crippen molar-refractivity contribution < 1.29 is 37.5 Å². The molecule has 2 unspecified atom stereocenters. The molecule has 200 valence electrons. The molecule has 3 heterocycles. The van der Waals surface area contributed by atoms with Crippen LogP contribution < -0.4 is 15.4 Å². The van der Waals surface area contributed by atoms with Crippen LogP contribution in [-0.4, -0.2) is 84.1 Å². The van der Waals surface area contributed by atoms with Gasteiger partial charge in [-0.05, 0) is 37.5 Å². The molecular formula is C23H29N5O8S. The van der Waals surface area contributed by atoms with Crippen molar-refractivity contribution in [2.45, 2.75) is 56.4 Å². The number of carbonyl (C=O) groups is 5. The Morgan fingerprint density at radius 1 is 1.00 bits per heavy atom. The summed E-state index contributed by atoms with van der Waals surface area (Å²) in [5, 5.41) is 13.3. The van der Waals surface area contributed by atoms with Crippen LogP contribution in [0.1, 0.15) is 65.7 Å². The van der Waals surface area contributed by atoms with Crippen LogP contribution in [-0.2, 0) is 19.6 Å². The molecular weight excluding hydrogens is 506 g/mol. The van der Waals surface area contributed by atoms with Gasteiger partial charge in [-0.3, -0.25) is 34.3 Å². The summed E-state index contributed by atoms with van der Waals surface area (Å²) >= 11 is 0. The van der Waals surface area contributed by atoms with Crippen molar-refractivity contribution in [2.24, 2.45) is 0 Å². The summed E-state index contributed by atoms with van der Waals surface area (Å²) in [6.45, 7) is 1.06. The van der Waals surface area contributed by atoms with E-state index in [2.05, 4.69) is 15.4 Å². The van der Waals surface area contributed by atoms with E-state index >= 15 is 0 Å². The number of hydrogen-bond acceptors (Lipinski definition) is 8. The Labute approximate surface area is 213 Å². The Morgan fingerprint density at radius 3 is 2.35 bits per heavy atom. The van der Waals surface area contributed by atoms with Crippen LogP contribution in [0, 0.1) is 0 Å². The van der Waals surface area contributed by atoms with Gasteiger partial charge in [0, 0.05) is 38.2 Å². The van der Waals surface area contributed by atoms with Gasteiger partial charge in [-0.1, -0.05) is 12.8 Å². The highest BCUT2D eigenvalue weighted by Gasteiger charge is 2.44. The van der Waals surface area contributed by atoms with Crippen molar-refractivity contribution in [1.82, 2.24) is 19.8 Å². The van der Waals surface area contributed by atoms with Crippen molar-refractivity contribution in [3.8, 4) is 0 Å². The number of imide groups is 2. The number of benzene rings is 1. The number of carbonyl (C=O) groups excluding carboxylic acids is 4. The topological polar surface area (TPSA) is 182 Å². The molecule has 3 aliphatic rings. The number of amides is 5. The van der Waals surface area contributed by atoms with Crippen molar-refractivity contribution >= 4 is 45.4 Å². The highest BCUT2D eigenvalue weighted by molar-refractivity contribution is 7.90. The van der Waals surface area contributed by atoms with Gasteiger partial charge in [-0.2, -0.15) is 0 Å². The molecule has 4 N–H and O–H groups in total. The Balaban J connectivity index is 1.18. The van der Waals surface area contributed by atoms with Gasteiger partial charge >= 0.3 is 6.09 Å². The van der Waals surface area contributed by atoms with Gasteiger partial charge in [0.25, 0.3) is 11.8 Å². The quantitative estimate of drug-likeness (QED) is 0.234. The molecule has 0 bridgehead atoms. The van der Waals surface area contributed by atoms with E-state index in [1.807, 2.05) is 0 Å². The Hall–Kier alpha value is -3.52. The number of piperidine rings is 1. The number of sulfonamides is 1. The predicted molar refractivity (Wildman–Crippen MR) is 130 cm³/mol. The van der Waals surface area contributed by atoms with Crippen LogP contribution >= 0.6 is 0 Å². The molecule has 37 heavy (non-hydrogen) atoms. The summed E-state index contributed by atoms with van der Waals surface area (Å²) in [6.07, 6.45) is 2.22. The number of anilines is 1. The summed E-state index contributed by atoms with van der Waals surface area (Å²) < 4.78 is 26.8. The highest BCUT2D eigenvalue weighted by Crippen LogP contribution is 2.29. The molecule has 13 nitrogen and oxygen atoms in total. The van der Waals surface area contributed by atoms with E-state index in [1.54, 1.807) is 18.2 Å². The number of carboxylic acid groups (broad SMARTS) is 1. The first-order chi connectivity index (χ1) is 17.6. The normalized spacial score (nSPS) is 21.5. The molecule has 2 saturated heterocycles. The second-order valence-electron chi connectivity index (χ2n) is 9.21. The van der Waals surface area contributed by atoms with Crippen LogP contribution in [0.2, 0.25) is 0 Å². The average Bonchev–Trinajstić information content (AvgIpc) is 3.04. The zero-order valence-corrected chi connectivity index (χ0v) is 20.9. The van der Waals surface area contributed by atoms with Crippen LogP contribution in [0.25, 0.3) is 0 Å². The molecule has 1 aromatic carbocycles. The fourth-order valence-corrected chi connectivity index (χ4v) is 6.20.